The zero-order chi connectivity index (χ0) is 13.2. The van der Waals surface area contributed by atoms with Crippen LogP contribution in [-0.2, 0) is 9.84 Å². The number of pyridine rings is 1. The van der Waals surface area contributed by atoms with Crippen LogP contribution < -0.4 is 5.32 Å². The summed E-state index contributed by atoms with van der Waals surface area (Å²) < 4.78 is 24.3. The number of anilines is 1. The van der Waals surface area contributed by atoms with Gasteiger partial charge >= 0.3 is 0 Å². The van der Waals surface area contributed by atoms with Crippen LogP contribution in [0, 0.1) is 6.92 Å². The normalized spacial score (nSPS) is 11.9. The van der Waals surface area contributed by atoms with Crippen molar-refractivity contribution in [2.45, 2.75) is 13.8 Å². The van der Waals surface area contributed by atoms with Crippen LogP contribution in [0.25, 0.3) is 5.65 Å². The minimum atomic E-state index is -2.95. The maximum Gasteiger partial charge on any atom is 0.243 e. The number of fused-ring (bicyclic) bond motifs is 1. The highest BCUT2D eigenvalue weighted by Gasteiger charge is 2.08. The summed E-state index contributed by atoms with van der Waals surface area (Å²) in [4.78, 5) is 4.26. The maximum absolute atomic E-state index is 11.3. The Morgan fingerprint density at radius 3 is 2.94 bits per heavy atom. The van der Waals surface area contributed by atoms with Gasteiger partial charge in [-0.25, -0.2) is 12.9 Å². The molecular formula is C11H16N4O2S. The predicted octanol–water partition coefficient (Wildman–Crippen LogP) is 0.884. The molecule has 18 heavy (non-hydrogen) atoms. The highest BCUT2D eigenvalue weighted by atomic mass is 32.2. The van der Waals surface area contributed by atoms with E-state index in [1.165, 1.54) is 0 Å². The molecule has 0 aromatic carbocycles. The molecule has 98 valence electrons. The van der Waals surface area contributed by atoms with Crippen LogP contribution in [0.5, 0.6) is 0 Å². The first-order valence-corrected chi connectivity index (χ1v) is 7.59. The second kappa shape index (κ2) is 4.93. The quantitative estimate of drug-likeness (QED) is 0.871. The Labute approximate surface area is 106 Å². The van der Waals surface area contributed by atoms with Crippen molar-refractivity contribution in [2.24, 2.45) is 0 Å². The monoisotopic (exact) mass is 268 g/mol. The molecule has 1 N–H and O–H groups in total. The highest BCUT2D eigenvalue weighted by Crippen LogP contribution is 2.07. The van der Waals surface area contributed by atoms with Crippen molar-refractivity contribution in [2.75, 3.05) is 23.4 Å². The van der Waals surface area contributed by atoms with Crippen molar-refractivity contribution in [3.8, 4) is 0 Å². The largest absolute Gasteiger partial charge is 0.352 e. The first kappa shape index (κ1) is 12.8. The number of nitrogens with one attached hydrogen (secondary N) is 1. The second-order valence-electron chi connectivity index (χ2n) is 4.11. The average molecular weight is 268 g/mol. The van der Waals surface area contributed by atoms with Crippen molar-refractivity contribution in [1.82, 2.24) is 14.6 Å². The lowest BCUT2D eigenvalue weighted by molar-refractivity contribution is 0.597. The van der Waals surface area contributed by atoms with E-state index in [4.69, 9.17) is 0 Å². The van der Waals surface area contributed by atoms with Gasteiger partial charge in [-0.15, -0.1) is 5.10 Å². The molecule has 2 rings (SSSR count). The van der Waals surface area contributed by atoms with Crippen molar-refractivity contribution < 1.29 is 8.42 Å². The summed E-state index contributed by atoms with van der Waals surface area (Å²) in [6.45, 7) is 3.95. The molecule has 0 atom stereocenters. The van der Waals surface area contributed by atoms with Crippen LogP contribution in [0.3, 0.4) is 0 Å². The van der Waals surface area contributed by atoms with Gasteiger partial charge in [0.1, 0.15) is 0 Å². The smallest absolute Gasteiger partial charge is 0.243 e. The average Bonchev–Trinajstić information content (AvgIpc) is 2.70. The third kappa shape index (κ3) is 2.98. The van der Waals surface area contributed by atoms with E-state index in [1.54, 1.807) is 11.4 Å². The van der Waals surface area contributed by atoms with Crippen molar-refractivity contribution in [3.05, 3.63) is 23.9 Å². The van der Waals surface area contributed by atoms with Gasteiger partial charge in [0, 0.05) is 18.5 Å². The van der Waals surface area contributed by atoms with Crippen LogP contribution in [0.2, 0.25) is 0 Å². The predicted molar refractivity (Wildman–Crippen MR) is 70.5 cm³/mol. The third-order valence-corrected chi connectivity index (χ3v) is 4.33. The molecule has 0 spiro atoms. The van der Waals surface area contributed by atoms with Crippen LogP contribution in [0.4, 0.5) is 5.95 Å². The molecule has 0 aliphatic rings. The van der Waals surface area contributed by atoms with E-state index < -0.39 is 9.84 Å². The first-order valence-electron chi connectivity index (χ1n) is 5.77. The minimum absolute atomic E-state index is 0.0953. The summed E-state index contributed by atoms with van der Waals surface area (Å²) in [7, 11) is -2.95. The molecule has 0 saturated heterocycles. The molecule has 0 radical (unpaired) electrons. The lowest BCUT2D eigenvalue weighted by atomic mass is 10.3. The number of aryl methyl sites for hydroxylation is 1. The van der Waals surface area contributed by atoms with Crippen LogP contribution in [0.15, 0.2) is 18.3 Å². The van der Waals surface area contributed by atoms with Crippen LogP contribution in [0.1, 0.15) is 12.5 Å². The minimum Gasteiger partial charge on any atom is -0.352 e. The fraction of sp³-hybridized carbons (Fsp3) is 0.455. The SMILES string of the molecule is CCS(=O)(=O)CCNc1nc2cc(C)ccn2n1. The fourth-order valence-electron chi connectivity index (χ4n) is 1.52. The molecule has 0 amide bonds. The molecule has 2 aromatic rings. The van der Waals surface area contributed by atoms with Gasteiger partial charge in [-0.1, -0.05) is 6.92 Å². The molecule has 6 nitrogen and oxygen atoms in total. The van der Waals surface area contributed by atoms with Crippen molar-refractivity contribution >= 4 is 21.4 Å². The zero-order valence-corrected chi connectivity index (χ0v) is 11.2. The maximum atomic E-state index is 11.3. The molecule has 0 aliphatic carbocycles. The molecule has 0 unspecified atom stereocenters. The Morgan fingerprint density at radius 1 is 1.44 bits per heavy atom. The summed E-state index contributed by atoms with van der Waals surface area (Å²) in [5.74, 6) is 0.705. The number of sulfone groups is 1. The molecular weight excluding hydrogens is 252 g/mol. The molecule has 0 bridgehead atoms. The summed E-state index contributed by atoms with van der Waals surface area (Å²) in [6.07, 6.45) is 1.83. The molecule has 2 heterocycles. The van der Waals surface area contributed by atoms with Crippen molar-refractivity contribution in [3.63, 3.8) is 0 Å². The molecule has 0 saturated carbocycles. The fourth-order valence-corrected chi connectivity index (χ4v) is 2.22. The third-order valence-electron chi connectivity index (χ3n) is 2.63. The Bertz CT molecular complexity index is 648. The summed E-state index contributed by atoms with van der Waals surface area (Å²) in [5, 5.41) is 7.12. The van der Waals surface area contributed by atoms with Gasteiger partial charge in [-0.05, 0) is 24.6 Å². The summed E-state index contributed by atoms with van der Waals surface area (Å²) >= 11 is 0. The lowest BCUT2D eigenvalue weighted by Gasteiger charge is -2.01. The van der Waals surface area contributed by atoms with Crippen LogP contribution in [-0.4, -0.2) is 41.1 Å². The summed E-state index contributed by atoms with van der Waals surface area (Å²) in [6, 6.07) is 3.86. The van der Waals surface area contributed by atoms with E-state index in [-0.39, 0.29) is 11.5 Å². The van der Waals surface area contributed by atoms with Gasteiger partial charge in [-0.2, -0.15) is 4.98 Å². The van der Waals surface area contributed by atoms with E-state index in [1.807, 2.05) is 25.3 Å². The zero-order valence-electron chi connectivity index (χ0n) is 10.4. The molecule has 0 aliphatic heterocycles. The number of nitrogens with zero attached hydrogens (tertiary/aromatic N) is 3. The second-order valence-corrected chi connectivity index (χ2v) is 6.58. The van der Waals surface area contributed by atoms with E-state index in [9.17, 15) is 8.42 Å². The Balaban J connectivity index is 2.04. The number of rotatable bonds is 5. The van der Waals surface area contributed by atoms with Gasteiger partial charge in [0.25, 0.3) is 0 Å². The summed E-state index contributed by atoms with van der Waals surface area (Å²) in [5.41, 5.74) is 1.85. The van der Waals surface area contributed by atoms with Gasteiger partial charge in [-0.3, -0.25) is 0 Å². The topological polar surface area (TPSA) is 76.4 Å². The van der Waals surface area contributed by atoms with E-state index >= 15 is 0 Å². The van der Waals surface area contributed by atoms with Gasteiger partial charge in [0.15, 0.2) is 15.5 Å². The van der Waals surface area contributed by atoms with E-state index in [0.717, 1.165) is 11.2 Å². The highest BCUT2D eigenvalue weighted by molar-refractivity contribution is 7.91. The van der Waals surface area contributed by atoms with Gasteiger partial charge in [0.05, 0.1) is 5.75 Å². The van der Waals surface area contributed by atoms with Crippen molar-refractivity contribution in [1.29, 1.82) is 0 Å². The number of hydrogen-bond donors (Lipinski definition) is 1. The van der Waals surface area contributed by atoms with E-state index in [2.05, 4.69) is 15.4 Å². The Kier molecular flexibility index (Phi) is 3.51. The van der Waals surface area contributed by atoms with Gasteiger partial charge < -0.3 is 5.32 Å². The lowest BCUT2D eigenvalue weighted by Crippen LogP contribution is -2.17. The molecule has 7 heteroatoms. The number of aromatic nitrogens is 3. The van der Waals surface area contributed by atoms with Gasteiger partial charge in [0.2, 0.25) is 5.95 Å². The van der Waals surface area contributed by atoms with E-state index in [0.29, 0.717) is 12.5 Å². The molecule has 0 fully saturated rings. The first-order chi connectivity index (χ1) is 8.50. The van der Waals surface area contributed by atoms with Crippen LogP contribution >= 0.6 is 0 Å². The standard InChI is InChI=1S/C11H16N4O2S/c1-3-18(16,17)7-5-12-11-13-10-8-9(2)4-6-15(10)14-11/h4,6,8H,3,5,7H2,1-2H3,(H,12,14). The Morgan fingerprint density at radius 2 is 2.22 bits per heavy atom. The number of hydrogen-bond acceptors (Lipinski definition) is 5. The Hall–Kier alpha value is -1.63. The molecule has 2 aromatic heterocycles.